The number of imidazole rings is 2. The summed E-state index contributed by atoms with van der Waals surface area (Å²) >= 11 is 0. The topological polar surface area (TPSA) is 100 Å². The van der Waals surface area contributed by atoms with Crippen molar-refractivity contribution >= 4 is 22.1 Å². The normalized spacial score (nSPS) is 11.3. The molecule has 0 amide bonds. The predicted molar refractivity (Wildman–Crippen MR) is 212 cm³/mol. The fourth-order valence-corrected chi connectivity index (χ4v) is 6.88. The van der Waals surface area contributed by atoms with Crippen molar-refractivity contribution in [3.05, 3.63) is 176 Å². The van der Waals surface area contributed by atoms with Crippen LogP contribution in [0.15, 0.2) is 176 Å². The maximum Gasteiger partial charge on any atom is 0.164 e. The number of rotatable bonds is 7. The highest BCUT2D eigenvalue weighted by atomic mass is 15.1. The van der Waals surface area contributed by atoms with Gasteiger partial charge in [0.15, 0.2) is 17.5 Å². The molecule has 10 aromatic rings. The van der Waals surface area contributed by atoms with E-state index in [0.29, 0.717) is 17.5 Å². The lowest BCUT2D eigenvalue weighted by Crippen LogP contribution is -2.02. The first-order valence-electron chi connectivity index (χ1n) is 17.6. The second-order valence-electron chi connectivity index (χ2n) is 12.8. The number of nitrogens with zero attached hydrogens (tertiary/aromatic N) is 9. The Hall–Kier alpha value is -7.65. The lowest BCUT2D eigenvalue weighted by atomic mass is 10.1. The Morgan fingerprint density at radius 3 is 1.24 bits per heavy atom. The molecule has 9 heteroatoms. The fourth-order valence-electron chi connectivity index (χ4n) is 6.88. The molecule has 0 saturated heterocycles. The van der Waals surface area contributed by atoms with Crippen LogP contribution >= 0.6 is 0 Å². The Bertz CT molecular complexity index is 2760. The number of aromatic nitrogens is 9. The molecule has 0 radical (unpaired) electrons. The number of para-hydroxylation sites is 4. The minimum absolute atomic E-state index is 0.553. The van der Waals surface area contributed by atoms with Gasteiger partial charge in [-0.15, -0.1) is 0 Å². The first-order valence-corrected chi connectivity index (χ1v) is 17.6. The summed E-state index contributed by atoms with van der Waals surface area (Å²) in [7, 11) is 0. The van der Waals surface area contributed by atoms with Crippen molar-refractivity contribution in [2.24, 2.45) is 0 Å². The molecule has 0 aliphatic rings. The van der Waals surface area contributed by atoms with E-state index in [0.717, 1.165) is 72.9 Å². The molecule has 254 valence electrons. The van der Waals surface area contributed by atoms with Gasteiger partial charge in [0.2, 0.25) is 0 Å². The average molecular weight is 696 g/mol. The zero-order valence-corrected chi connectivity index (χ0v) is 28.8. The molecule has 9 nitrogen and oxygen atoms in total. The molecule has 0 aliphatic carbocycles. The molecule has 0 saturated carbocycles. The fraction of sp³-hybridized carbons (Fsp3) is 0. The van der Waals surface area contributed by atoms with E-state index in [9.17, 15) is 0 Å². The van der Waals surface area contributed by atoms with E-state index in [1.54, 1.807) is 12.4 Å². The van der Waals surface area contributed by atoms with Gasteiger partial charge in [0, 0.05) is 40.2 Å². The van der Waals surface area contributed by atoms with E-state index in [1.165, 1.54) is 0 Å². The molecule has 5 heterocycles. The number of fused-ring (bicyclic) bond motifs is 2. The molecule has 5 aromatic carbocycles. The lowest BCUT2D eigenvalue weighted by molar-refractivity contribution is 1.07. The molecule has 10 rings (SSSR count). The molecule has 0 spiro atoms. The van der Waals surface area contributed by atoms with Gasteiger partial charge in [-0.3, -0.25) is 19.1 Å². The van der Waals surface area contributed by atoms with Crippen LogP contribution in [0, 0.1) is 0 Å². The zero-order valence-electron chi connectivity index (χ0n) is 28.8. The van der Waals surface area contributed by atoms with Crippen LogP contribution in [0.5, 0.6) is 0 Å². The second kappa shape index (κ2) is 13.2. The van der Waals surface area contributed by atoms with E-state index >= 15 is 0 Å². The van der Waals surface area contributed by atoms with Crippen molar-refractivity contribution < 1.29 is 0 Å². The molecule has 54 heavy (non-hydrogen) atoms. The summed E-state index contributed by atoms with van der Waals surface area (Å²) in [5.41, 5.74) is 10.1. The van der Waals surface area contributed by atoms with Crippen LogP contribution in [-0.2, 0) is 0 Å². The first-order chi connectivity index (χ1) is 26.8. The van der Waals surface area contributed by atoms with Crippen molar-refractivity contribution in [2.45, 2.75) is 0 Å². The molecule has 0 fully saturated rings. The molecule has 0 aliphatic heterocycles. The molecule has 0 atom stereocenters. The third-order valence-electron chi connectivity index (χ3n) is 9.36. The van der Waals surface area contributed by atoms with E-state index < -0.39 is 0 Å². The van der Waals surface area contributed by atoms with Gasteiger partial charge in [0.1, 0.15) is 11.6 Å². The molecule has 5 aromatic heterocycles. The van der Waals surface area contributed by atoms with Crippen LogP contribution < -0.4 is 0 Å². The van der Waals surface area contributed by atoms with Gasteiger partial charge in [0.25, 0.3) is 0 Å². The summed E-state index contributed by atoms with van der Waals surface area (Å²) in [6, 6.07) is 50.6. The van der Waals surface area contributed by atoms with Crippen LogP contribution in [0.2, 0.25) is 0 Å². The van der Waals surface area contributed by atoms with Crippen molar-refractivity contribution in [1.29, 1.82) is 0 Å². The third kappa shape index (κ3) is 5.57. The van der Waals surface area contributed by atoms with Gasteiger partial charge in [-0.1, -0.05) is 91.0 Å². The van der Waals surface area contributed by atoms with Crippen LogP contribution in [0.25, 0.3) is 90.4 Å². The third-order valence-corrected chi connectivity index (χ3v) is 9.36. The van der Waals surface area contributed by atoms with Crippen molar-refractivity contribution in [3.63, 3.8) is 0 Å². The second-order valence-corrected chi connectivity index (χ2v) is 12.8. The maximum atomic E-state index is 5.12. The summed E-state index contributed by atoms with van der Waals surface area (Å²) in [6.45, 7) is 0. The van der Waals surface area contributed by atoms with Crippen molar-refractivity contribution in [3.8, 4) is 68.3 Å². The number of hydrogen-bond donors (Lipinski definition) is 0. The summed E-state index contributed by atoms with van der Waals surface area (Å²) in [5.74, 6) is 3.28. The van der Waals surface area contributed by atoms with Gasteiger partial charge in [0.05, 0.1) is 45.8 Å². The van der Waals surface area contributed by atoms with Gasteiger partial charge in [-0.05, 0) is 60.7 Å². The summed E-state index contributed by atoms with van der Waals surface area (Å²) in [5, 5.41) is 0. The Balaban J connectivity index is 1.12. The largest absolute Gasteiger partial charge is 0.291 e. The Kier molecular flexibility index (Phi) is 7.58. The van der Waals surface area contributed by atoms with E-state index in [-0.39, 0.29) is 0 Å². The molecule has 0 unspecified atom stereocenters. The Morgan fingerprint density at radius 1 is 0.333 bits per heavy atom. The van der Waals surface area contributed by atoms with Crippen LogP contribution in [0.3, 0.4) is 0 Å². The predicted octanol–water partition coefficient (Wildman–Crippen LogP) is 9.67. The number of hydrogen-bond acceptors (Lipinski definition) is 7. The van der Waals surface area contributed by atoms with E-state index in [2.05, 4.69) is 55.5 Å². The maximum absolute atomic E-state index is 5.12. The van der Waals surface area contributed by atoms with Crippen LogP contribution in [0.4, 0.5) is 0 Å². The highest BCUT2D eigenvalue weighted by molar-refractivity contribution is 5.85. The van der Waals surface area contributed by atoms with Gasteiger partial charge in [-0.25, -0.2) is 24.9 Å². The average Bonchev–Trinajstić information content (AvgIpc) is 3.84. The Morgan fingerprint density at radius 2 is 0.759 bits per heavy atom. The van der Waals surface area contributed by atoms with Crippen molar-refractivity contribution in [1.82, 2.24) is 44.0 Å². The zero-order chi connectivity index (χ0) is 35.8. The quantitative estimate of drug-likeness (QED) is 0.164. The van der Waals surface area contributed by atoms with Crippen LogP contribution in [-0.4, -0.2) is 44.0 Å². The standard InChI is InChI=1S/C45H29N9/c1-2-12-30(13-3-1)41-50-42(31-14-8-16-33(26-31)44-48-37-20-4-6-22-39(37)53(44)35-18-10-24-46-28-35)52-43(51-41)32-15-9-17-34(27-32)45-49-38-21-5-7-23-40(38)54(45)36-19-11-25-47-29-36/h1-29H. The highest BCUT2D eigenvalue weighted by Crippen LogP contribution is 2.34. The summed E-state index contributed by atoms with van der Waals surface area (Å²) in [4.78, 5) is 34.1. The summed E-state index contributed by atoms with van der Waals surface area (Å²) in [6.07, 6.45) is 7.26. The highest BCUT2D eigenvalue weighted by Gasteiger charge is 2.19. The smallest absolute Gasteiger partial charge is 0.164 e. The molecular formula is C45H29N9. The minimum Gasteiger partial charge on any atom is -0.291 e. The SMILES string of the molecule is c1ccc(-c2nc(-c3cccc(-c4nc5ccccc5n4-c4cccnc4)c3)nc(-c3cccc(-c4nc5ccccc5n4-c4cccnc4)c3)n2)cc1. The summed E-state index contributed by atoms with van der Waals surface area (Å²) < 4.78 is 4.28. The monoisotopic (exact) mass is 695 g/mol. The molecule has 0 N–H and O–H groups in total. The molecule has 0 bridgehead atoms. The Labute approximate surface area is 310 Å². The van der Waals surface area contributed by atoms with Crippen molar-refractivity contribution in [2.75, 3.05) is 0 Å². The number of benzene rings is 5. The van der Waals surface area contributed by atoms with Gasteiger partial charge < -0.3 is 0 Å². The minimum atomic E-state index is 0.553. The van der Waals surface area contributed by atoms with Gasteiger partial charge >= 0.3 is 0 Å². The lowest BCUT2D eigenvalue weighted by Gasteiger charge is -2.12. The molecular weight excluding hydrogens is 667 g/mol. The van der Waals surface area contributed by atoms with Gasteiger partial charge in [-0.2, -0.15) is 0 Å². The van der Waals surface area contributed by atoms with E-state index in [4.69, 9.17) is 24.9 Å². The van der Waals surface area contributed by atoms with E-state index in [1.807, 2.05) is 128 Å². The first kappa shape index (κ1) is 31.1. The van der Waals surface area contributed by atoms with Crippen LogP contribution in [0.1, 0.15) is 0 Å². The number of pyridine rings is 2.